The van der Waals surface area contributed by atoms with Gasteiger partial charge in [0.05, 0.1) is 0 Å². The highest BCUT2D eigenvalue weighted by molar-refractivity contribution is 7.17. The highest BCUT2D eigenvalue weighted by atomic mass is 32.1. The van der Waals surface area contributed by atoms with Crippen molar-refractivity contribution in [2.45, 2.75) is 50.7 Å². The molecule has 1 spiro atoms. The Labute approximate surface area is 131 Å². The van der Waals surface area contributed by atoms with Gasteiger partial charge >= 0.3 is 0 Å². The molecule has 112 valence electrons. The Morgan fingerprint density at radius 2 is 2.10 bits per heavy atom. The Bertz CT molecular complexity index is 627. The molecule has 2 nitrogen and oxygen atoms in total. The molecular weight excluding hydrogens is 276 g/mol. The highest BCUT2D eigenvalue weighted by Crippen LogP contribution is 2.34. The summed E-state index contributed by atoms with van der Waals surface area (Å²) in [6.45, 7) is 5.83. The molecule has 2 aliphatic rings. The average Bonchev–Trinajstić information content (AvgIpc) is 3.12. The van der Waals surface area contributed by atoms with Gasteiger partial charge in [-0.15, -0.1) is 11.3 Å². The summed E-state index contributed by atoms with van der Waals surface area (Å²) in [7, 11) is 0. The van der Waals surface area contributed by atoms with E-state index in [-0.39, 0.29) is 0 Å². The summed E-state index contributed by atoms with van der Waals surface area (Å²) in [6.07, 6.45) is 5.52. The second-order valence-electron chi connectivity index (χ2n) is 6.88. The van der Waals surface area contributed by atoms with Crippen molar-refractivity contribution in [3.63, 3.8) is 0 Å². The van der Waals surface area contributed by atoms with Crippen molar-refractivity contribution in [2.24, 2.45) is 0 Å². The van der Waals surface area contributed by atoms with Gasteiger partial charge in [-0.25, -0.2) is 0 Å². The molecule has 1 aromatic heterocycles. The van der Waals surface area contributed by atoms with E-state index in [1.807, 2.05) is 11.3 Å². The van der Waals surface area contributed by atoms with Gasteiger partial charge in [0.25, 0.3) is 0 Å². The molecule has 0 bridgehead atoms. The number of hydrogen-bond acceptors (Lipinski definition) is 3. The standard InChI is InChI=1S/C18H24N2S/c1-14-10-19-18(8-4-5-9-18)13-20(14)11-15-12-21-17-7-3-2-6-16(15)17/h2-3,6-7,12,14,19H,4-5,8-11,13H2,1H3. The lowest BCUT2D eigenvalue weighted by molar-refractivity contribution is 0.0831. The molecule has 1 saturated heterocycles. The van der Waals surface area contributed by atoms with E-state index in [4.69, 9.17) is 0 Å². The second kappa shape index (κ2) is 5.38. The highest BCUT2D eigenvalue weighted by Gasteiger charge is 2.39. The van der Waals surface area contributed by atoms with E-state index in [1.54, 1.807) is 0 Å². The van der Waals surface area contributed by atoms with Crippen molar-refractivity contribution in [2.75, 3.05) is 13.1 Å². The fourth-order valence-electron chi connectivity index (χ4n) is 4.07. The first-order valence-corrected chi connectivity index (χ1v) is 9.08. The number of piperazine rings is 1. The van der Waals surface area contributed by atoms with Crippen LogP contribution in [-0.2, 0) is 6.54 Å². The molecule has 0 radical (unpaired) electrons. The number of hydrogen-bond donors (Lipinski definition) is 1. The fourth-order valence-corrected chi connectivity index (χ4v) is 5.02. The average molecular weight is 300 g/mol. The zero-order valence-corrected chi connectivity index (χ0v) is 13.6. The SMILES string of the molecule is CC1CNC2(CCCC2)CN1Cc1csc2ccccc12. The largest absolute Gasteiger partial charge is 0.308 e. The van der Waals surface area contributed by atoms with Crippen LogP contribution in [0.4, 0.5) is 0 Å². The van der Waals surface area contributed by atoms with Gasteiger partial charge in [0.2, 0.25) is 0 Å². The van der Waals surface area contributed by atoms with Gasteiger partial charge in [-0.2, -0.15) is 0 Å². The molecule has 2 fully saturated rings. The Hall–Kier alpha value is -0.900. The van der Waals surface area contributed by atoms with Crippen molar-refractivity contribution in [1.29, 1.82) is 0 Å². The van der Waals surface area contributed by atoms with Crippen molar-refractivity contribution in [1.82, 2.24) is 10.2 Å². The summed E-state index contributed by atoms with van der Waals surface area (Å²) in [5.41, 5.74) is 1.93. The van der Waals surface area contributed by atoms with Gasteiger partial charge in [0.15, 0.2) is 0 Å². The number of rotatable bonds is 2. The third-order valence-corrected chi connectivity index (χ3v) is 6.41. The van der Waals surface area contributed by atoms with Gasteiger partial charge < -0.3 is 5.32 Å². The summed E-state index contributed by atoms with van der Waals surface area (Å²) >= 11 is 1.89. The normalized spacial score (nSPS) is 25.9. The molecule has 1 aromatic carbocycles. The molecule has 1 atom stereocenters. The zero-order valence-electron chi connectivity index (χ0n) is 12.8. The van der Waals surface area contributed by atoms with Crippen LogP contribution in [0.2, 0.25) is 0 Å². The van der Waals surface area contributed by atoms with E-state index < -0.39 is 0 Å². The summed E-state index contributed by atoms with van der Waals surface area (Å²) in [5, 5.41) is 7.67. The fraction of sp³-hybridized carbons (Fsp3) is 0.556. The topological polar surface area (TPSA) is 15.3 Å². The van der Waals surface area contributed by atoms with Crippen molar-refractivity contribution < 1.29 is 0 Å². The molecule has 1 aliphatic carbocycles. The lowest BCUT2D eigenvalue weighted by atomic mass is 9.92. The van der Waals surface area contributed by atoms with Crippen LogP contribution in [-0.4, -0.2) is 29.6 Å². The molecule has 2 heterocycles. The van der Waals surface area contributed by atoms with E-state index >= 15 is 0 Å². The smallest absolute Gasteiger partial charge is 0.0346 e. The van der Waals surface area contributed by atoms with Crippen LogP contribution in [0.1, 0.15) is 38.2 Å². The number of thiophene rings is 1. The molecule has 21 heavy (non-hydrogen) atoms. The van der Waals surface area contributed by atoms with Crippen LogP contribution in [0.25, 0.3) is 10.1 Å². The number of nitrogens with zero attached hydrogens (tertiary/aromatic N) is 1. The molecule has 2 aromatic rings. The van der Waals surface area contributed by atoms with Crippen molar-refractivity contribution >= 4 is 21.4 Å². The quantitative estimate of drug-likeness (QED) is 0.901. The van der Waals surface area contributed by atoms with E-state index in [9.17, 15) is 0 Å². The summed E-state index contributed by atoms with van der Waals surface area (Å²) in [5.74, 6) is 0. The van der Waals surface area contributed by atoms with E-state index in [0.717, 1.165) is 13.1 Å². The molecule has 1 saturated carbocycles. The van der Waals surface area contributed by atoms with Gasteiger partial charge in [-0.1, -0.05) is 31.0 Å². The monoisotopic (exact) mass is 300 g/mol. The number of benzene rings is 1. The molecule has 3 heteroatoms. The molecule has 1 unspecified atom stereocenters. The lowest BCUT2D eigenvalue weighted by Gasteiger charge is -2.45. The summed E-state index contributed by atoms with van der Waals surface area (Å²) < 4.78 is 1.42. The van der Waals surface area contributed by atoms with Gasteiger partial charge in [0.1, 0.15) is 0 Å². The minimum atomic E-state index is 0.415. The minimum Gasteiger partial charge on any atom is -0.308 e. The molecular formula is C18H24N2S. The second-order valence-corrected chi connectivity index (χ2v) is 7.79. The zero-order chi connectivity index (χ0) is 14.3. The Morgan fingerprint density at radius 3 is 2.95 bits per heavy atom. The maximum absolute atomic E-state index is 3.85. The summed E-state index contributed by atoms with van der Waals surface area (Å²) in [6, 6.07) is 9.46. The lowest BCUT2D eigenvalue weighted by Crippen LogP contribution is -2.61. The van der Waals surface area contributed by atoms with E-state index in [1.165, 1.54) is 47.9 Å². The maximum atomic E-state index is 3.85. The third-order valence-electron chi connectivity index (χ3n) is 5.40. The third kappa shape index (κ3) is 2.52. The molecule has 0 amide bonds. The van der Waals surface area contributed by atoms with Gasteiger partial charge in [-0.05, 0) is 42.2 Å². The van der Waals surface area contributed by atoms with Crippen LogP contribution in [0.5, 0.6) is 0 Å². The minimum absolute atomic E-state index is 0.415. The van der Waals surface area contributed by atoms with Gasteiger partial charge in [0, 0.05) is 35.9 Å². The Morgan fingerprint density at radius 1 is 1.29 bits per heavy atom. The number of fused-ring (bicyclic) bond motifs is 1. The van der Waals surface area contributed by atoms with Crippen LogP contribution in [0.15, 0.2) is 29.6 Å². The van der Waals surface area contributed by atoms with Crippen LogP contribution < -0.4 is 5.32 Å². The predicted octanol–water partition coefficient (Wildman–Crippen LogP) is 4.01. The predicted molar refractivity (Wildman–Crippen MR) is 90.9 cm³/mol. The molecule has 1 aliphatic heterocycles. The van der Waals surface area contributed by atoms with Crippen molar-refractivity contribution in [3.8, 4) is 0 Å². The first kappa shape index (κ1) is 13.7. The maximum Gasteiger partial charge on any atom is 0.0346 e. The van der Waals surface area contributed by atoms with Gasteiger partial charge in [-0.3, -0.25) is 4.90 Å². The van der Waals surface area contributed by atoms with Crippen molar-refractivity contribution in [3.05, 3.63) is 35.2 Å². The number of nitrogens with one attached hydrogen (secondary N) is 1. The van der Waals surface area contributed by atoms with E-state index in [0.29, 0.717) is 11.6 Å². The Balaban J connectivity index is 1.57. The van der Waals surface area contributed by atoms with Crippen LogP contribution >= 0.6 is 11.3 Å². The van der Waals surface area contributed by atoms with Crippen LogP contribution in [0.3, 0.4) is 0 Å². The first-order chi connectivity index (χ1) is 10.3. The first-order valence-electron chi connectivity index (χ1n) is 8.20. The van der Waals surface area contributed by atoms with Crippen LogP contribution in [0, 0.1) is 0 Å². The summed E-state index contributed by atoms with van der Waals surface area (Å²) in [4.78, 5) is 2.70. The molecule has 1 N–H and O–H groups in total. The van der Waals surface area contributed by atoms with E-state index in [2.05, 4.69) is 46.8 Å². The Kier molecular flexibility index (Phi) is 3.52. The molecule has 4 rings (SSSR count).